The minimum absolute atomic E-state index is 0.620. The number of rotatable bonds is 2. The molecule has 0 bridgehead atoms. The number of aromatic nitrogens is 2. The predicted molar refractivity (Wildman–Crippen MR) is 53.1 cm³/mol. The van der Waals surface area contributed by atoms with Gasteiger partial charge >= 0.3 is 0 Å². The largest absolute Gasteiger partial charge is 0.300 e. The molecule has 5 heteroatoms. The Labute approximate surface area is 83.3 Å². The molecule has 1 aliphatic heterocycles. The van der Waals surface area contributed by atoms with E-state index in [1.165, 1.54) is 5.56 Å². The average Bonchev–Trinajstić information content (AvgIpc) is 2.18. The minimum atomic E-state index is 0.620. The fraction of sp³-hybridized carbons (Fsp3) is 0.556. The summed E-state index contributed by atoms with van der Waals surface area (Å²) in [5.41, 5.74) is 6.08. The molecule has 0 saturated carbocycles. The van der Waals surface area contributed by atoms with Crippen molar-refractivity contribution in [1.82, 2.24) is 20.3 Å². The lowest BCUT2D eigenvalue weighted by Crippen LogP contribution is -2.30. The van der Waals surface area contributed by atoms with E-state index in [9.17, 15) is 0 Å². The SMILES string of the molecule is CN1CCc2c(CNN)ncnc2C1. The highest BCUT2D eigenvalue weighted by Crippen LogP contribution is 2.17. The molecule has 1 aromatic rings. The number of hydrogen-bond donors (Lipinski definition) is 2. The lowest BCUT2D eigenvalue weighted by atomic mass is 10.0. The Hall–Kier alpha value is -1.04. The fourth-order valence-electron chi connectivity index (χ4n) is 1.80. The van der Waals surface area contributed by atoms with Gasteiger partial charge in [-0.1, -0.05) is 0 Å². The zero-order valence-electron chi connectivity index (χ0n) is 8.32. The van der Waals surface area contributed by atoms with Crippen LogP contribution in [-0.2, 0) is 19.5 Å². The first-order chi connectivity index (χ1) is 6.81. The molecule has 0 saturated heterocycles. The van der Waals surface area contributed by atoms with Crippen molar-refractivity contribution < 1.29 is 0 Å². The van der Waals surface area contributed by atoms with Crippen LogP contribution in [0.4, 0.5) is 0 Å². The standard InChI is InChI=1S/C9H15N5/c1-14-3-2-7-8(4-13-10)11-6-12-9(7)5-14/h6,13H,2-5,10H2,1H3. The van der Waals surface area contributed by atoms with Crippen molar-refractivity contribution in [2.24, 2.45) is 5.84 Å². The number of likely N-dealkylation sites (N-methyl/N-ethyl adjacent to an activating group) is 1. The van der Waals surface area contributed by atoms with Crippen LogP contribution in [0.5, 0.6) is 0 Å². The summed E-state index contributed by atoms with van der Waals surface area (Å²) >= 11 is 0. The van der Waals surface area contributed by atoms with Gasteiger partial charge in [0.1, 0.15) is 6.33 Å². The van der Waals surface area contributed by atoms with E-state index >= 15 is 0 Å². The van der Waals surface area contributed by atoms with E-state index in [0.29, 0.717) is 6.54 Å². The van der Waals surface area contributed by atoms with Gasteiger partial charge in [-0.3, -0.25) is 11.3 Å². The Bertz CT molecular complexity index is 311. The fourth-order valence-corrected chi connectivity index (χ4v) is 1.80. The summed E-state index contributed by atoms with van der Waals surface area (Å²) in [6.45, 7) is 2.60. The third-order valence-electron chi connectivity index (χ3n) is 2.56. The highest BCUT2D eigenvalue weighted by atomic mass is 15.2. The third-order valence-corrected chi connectivity index (χ3v) is 2.56. The molecule has 0 atom stereocenters. The van der Waals surface area contributed by atoms with Gasteiger partial charge < -0.3 is 4.90 Å². The van der Waals surface area contributed by atoms with Gasteiger partial charge in [0.2, 0.25) is 0 Å². The van der Waals surface area contributed by atoms with Crippen molar-refractivity contribution in [2.45, 2.75) is 19.5 Å². The Balaban J connectivity index is 2.31. The molecule has 0 radical (unpaired) electrons. The summed E-state index contributed by atoms with van der Waals surface area (Å²) in [6, 6.07) is 0. The van der Waals surface area contributed by atoms with Crippen LogP contribution >= 0.6 is 0 Å². The van der Waals surface area contributed by atoms with Gasteiger partial charge in [0, 0.05) is 13.1 Å². The highest BCUT2D eigenvalue weighted by molar-refractivity contribution is 5.26. The molecule has 2 rings (SSSR count). The van der Waals surface area contributed by atoms with Crippen LogP contribution in [0.15, 0.2) is 6.33 Å². The number of hydrogen-bond acceptors (Lipinski definition) is 5. The van der Waals surface area contributed by atoms with Crippen molar-refractivity contribution in [3.05, 3.63) is 23.3 Å². The van der Waals surface area contributed by atoms with Gasteiger partial charge in [0.05, 0.1) is 17.9 Å². The second-order valence-corrected chi connectivity index (χ2v) is 3.61. The number of nitrogens with one attached hydrogen (secondary N) is 1. The summed E-state index contributed by atoms with van der Waals surface area (Å²) in [4.78, 5) is 10.8. The van der Waals surface area contributed by atoms with Crippen molar-refractivity contribution >= 4 is 0 Å². The third kappa shape index (κ3) is 1.75. The molecule has 0 fully saturated rings. The minimum Gasteiger partial charge on any atom is -0.300 e. The summed E-state index contributed by atoms with van der Waals surface area (Å²) in [7, 11) is 2.10. The molecule has 2 heterocycles. The first-order valence-electron chi connectivity index (χ1n) is 4.75. The average molecular weight is 193 g/mol. The first-order valence-corrected chi connectivity index (χ1v) is 4.75. The van der Waals surface area contributed by atoms with Crippen molar-refractivity contribution in [3.63, 3.8) is 0 Å². The predicted octanol–water partition coefficient (Wildman–Crippen LogP) is -0.572. The van der Waals surface area contributed by atoms with Crippen molar-refractivity contribution in [1.29, 1.82) is 0 Å². The molecule has 0 aliphatic carbocycles. The Morgan fingerprint density at radius 2 is 2.43 bits per heavy atom. The molecule has 0 unspecified atom stereocenters. The van der Waals surface area contributed by atoms with E-state index in [0.717, 1.165) is 30.9 Å². The number of fused-ring (bicyclic) bond motifs is 1. The lowest BCUT2D eigenvalue weighted by Gasteiger charge is -2.25. The number of nitrogens with two attached hydrogens (primary N) is 1. The Kier molecular flexibility index (Phi) is 2.72. The van der Waals surface area contributed by atoms with Crippen molar-refractivity contribution in [3.8, 4) is 0 Å². The zero-order chi connectivity index (χ0) is 9.97. The zero-order valence-corrected chi connectivity index (χ0v) is 8.32. The van der Waals surface area contributed by atoms with Crippen molar-refractivity contribution in [2.75, 3.05) is 13.6 Å². The lowest BCUT2D eigenvalue weighted by molar-refractivity contribution is 0.305. The molecule has 1 aliphatic rings. The van der Waals surface area contributed by atoms with Gasteiger partial charge in [-0.05, 0) is 19.0 Å². The van der Waals surface area contributed by atoms with Gasteiger partial charge in [0.15, 0.2) is 0 Å². The van der Waals surface area contributed by atoms with E-state index in [-0.39, 0.29) is 0 Å². The topological polar surface area (TPSA) is 67.1 Å². The quantitative estimate of drug-likeness (QED) is 0.486. The smallest absolute Gasteiger partial charge is 0.116 e. The van der Waals surface area contributed by atoms with Crippen LogP contribution in [0, 0.1) is 0 Å². The highest BCUT2D eigenvalue weighted by Gasteiger charge is 2.17. The number of hydrazine groups is 1. The summed E-state index contributed by atoms with van der Waals surface area (Å²) in [5, 5.41) is 0. The van der Waals surface area contributed by atoms with Crippen LogP contribution in [0.3, 0.4) is 0 Å². The summed E-state index contributed by atoms with van der Waals surface area (Å²) in [5.74, 6) is 5.30. The molecule has 14 heavy (non-hydrogen) atoms. The van der Waals surface area contributed by atoms with Gasteiger partial charge in [-0.2, -0.15) is 0 Å². The first kappa shape index (κ1) is 9.51. The molecule has 3 N–H and O–H groups in total. The maximum Gasteiger partial charge on any atom is 0.116 e. The molecule has 5 nitrogen and oxygen atoms in total. The molecule has 76 valence electrons. The van der Waals surface area contributed by atoms with E-state index in [2.05, 4.69) is 27.3 Å². The Morgan fingerprint density at radius 1 is 1.57 bits per heavy atom. The Morgan fingerprint density at radius 3 is 3.21 bits per heavy atom. The van der Waals surface area contributed by atoms with E-state index in [1.807, 2.05) is 0 Å². The van der Waals surface area contributed by atoms with Crippen LogP contribution < -0.4 is 11.3 Å². The van der Waals surface area contributed by atoms with Gasteiger partial charge in [-0.15, -0.1) is 0 Å². The van der Waals surface area contributed by atoms with E-state index < -0.39 is 0 Å². The van der Waals surface area contributed by atoms with Crippen LogP contribution in [0.2, 0.25) is 0 Å². The van der Waals surface area contributed by atoms with Gasteiger partial charge in [0.25, 0.3) is 0 Å². The monoisotopic (exact) mass is 193 g/mol. The summed E-state index contributed by atoms with van der Waals surface area (Å²) in [6.07, 6.45) is 2.63. The second kappa shape index (κ2) is 4.00. The van der Waals surface area contributed by atoms with Crippen LogP contribution in [0.1, 0.15) is 17.0 Å². The van der Waals surface area contributed by atoms with Crippen LogP contribution in [0.25, 0.3) is 0 Å². The molecule has 0 spiro atoms. The van der Waals surface area contributed by atoms with Gasteiger partial charge in [-0.25, -0.2) is 9.97 Å². The maximum atomic E-state index is 5.30. The molecular weight excluding hydrogens is 178 g/mol. The molecule has 1 aromatic heterocycles. The van der Waals surface area contributed by atoms with E-state index in [1.54, 1.807) is 6.33 Å². The second-order valence-electron chi connectivity index (χ2n) is 3.61. The van der Waals surface area contributed by atoms with E-state index in [4.69, 9.17) is 5.84 Å². The molecule has 0 amide bonds. The normalized spacial score (nSPS) is 16.7. The van der Waals surface area contributed by atoms with Crippen LogP contribution in [-0.4, -0.2) is 28.5 Å². The summed E-state index contributed by atoms with van der Waals surface area (Å²) < 4.78 is 0. The molecular formula is C9H15N5. The maximum absolute atomic E-state index is 5.30. The number of nitrogens with zero attached hydrogens (tertiary/aromatic N) is 3. The molecule has 0 aromatic carbocycles.